The molecule has 0 spiro atoms. The highest BCUT2D eigenvalue weighted by Gasteiger charge is 2.22. The van der Waals surface area contributed by atoms with Gasteiger partial charge >= 0.3 is 0 Å². The van der Waals surface area contributed by atoms with E-state index in [-0.39, 0.29) is 7.28 Å². The Labute approximate surface area is 81.3 Å². The number of benzene rings is 1. The zero-order valence-electron chi connectivity index (χ0n) is 6.60. The van der Waals surface area contributed by atoms with Gasteiger partial charge in [0, 0.05) is 0 Å². The van der Waals surface area contributed by atoms with Gasteiger partial charge in [0.15, 0.2) is 30.5 Å². The molecule has 0 aliphatic rings. The molecule has 13 heavy (non-hydrogen) atoms. The lowest BCUT2D eigenvalue weighted by atomic mass is 9.72. The van der Waals surface area contributed by atoms with E-state index < -0.39 is 33.2 Å². The average molecular weight is 255 g/mol. The Morgan fingerprint density at radius 2 is 1.31 bits per heavy atom. The summed E-state index contributed by atoms with van der Waals surface area (Å²) in [5.74, 6) is -5.46. The SMILES string of the molecule is CBc1c(F)c(F)c(Br)c(F)c1F. The standard InChI is InChI=1S/C7H4BBrF4/c1-8-2-4(10)6(12)3(9)7(13)5(2)11/h8H,1H3. The summed E-state index contributed by atoms with van der Waals surface area (Å²) in [4.78, 5) is 0. The van der Waals surface area contributed by atoms with Gasteiger partial charge in [-0.2, -0.15) is 0 Å². The molecule has 0 aromatic heterocycles. The van der Waals surface area contributed by atoms with E-state index in [0.717, 1.165) is 0 Å². The minimum Gasteiger partial charge on any atom is -0.204 e. The van der Waals surface area contributed by atoms with Gasteiger partial charge in [-0.3, -0.25) is 0 Å². The highest BCUT2D eigenvalue weighted by molar-refractivity contribution is 9.10. The molecule has 0 aliphatic heterocycles. The topological polar surface area (TPSA) is 0 Å². The van der Waals surface area contributed by atoms with E-state index >= 15 is 0 Å². The number of rotatable bonds is 1. The zero-order chi connectivity index (χ0) is 10.2. The molecule has 0 fully saturated rings. The number of halogens is 5. The lowest BCUT2D eigenvalue weighted by Gasteiger charge is -2.05. The summed E-state index contributed by atoms with van der Waals surface area (Å²) in [6, 6.07) is 0. The lowest BCUT2D eigenvalue weighted by molar-refractivity contribution is 0.455. The number of hydrogen-bond donors (Lipinski definition) is 0. The van der Waals surface area contributed by atoms with Crippen LogP contribution in [0.3, 0.4) is 0 Å². The number of hydrogen-bond acceptors (Lipinski definition) is 0. The van der Waals surface area contributed by atoms with Crippen LogP contribution >= 0.6 is 15.9 Å². The van der Waals surface area contributed by atoms with Gasteiger partial charge in [-0.05, 0) is 21.4 Å². The van der Waals surface area contributed by atoms with E-state index in [2.05, 4.69) is 15.9 Å². The van der Waals surface area contributed by atoms with Gasteiger partial charge in [0.05, 0.1) is 4.47 Å². The molecule has 1 aromatic carbocycles. The molecular formula is C7H4BBrF4. The van der Waals surface area contributed by atoms with Gasteiger partial charge in [0.25, 0.3) is 0 Å². The van der Waals surface area contributed by atoms with Crippen LogP contribution in [0.25, 0.3) is 0 Å². The lowest BCUT2D eigenvalue weighted by Crippen LogP contribution is -2.24. The van der Waals surface area contributed by atoms with E-state index in [1.807, 2.05) is 0 Å². The van der Waals surface area contributed by atoms with Crippen LogP contribution in [-0.2, 0) is 0 Å². The van der Waals surface area contributed by atoms with Crippen molar-refractivity contribution >= 4 is 28.7 Å². The third kappa shape index (κ3) is 1.59. The molecule has 0 amide bonds. The summed E-state index contributed by atoms with van der Waals surface area (Å²) >= 11 is 2.41. The maximum Gasteiger partial charge on any atom is 0.175 e. The second-order valence-corrected chi connectivity index (χ2v) is 3.20. The van der Waals surface area contributed by atoms with Crippen molar-refractivity contribution in [1.29, 1.82) is 0 Å². The van der Waals surface area contributed by atoms with Crippen LogP contribution in [-0.4, -0.2) is 7.28 Å². The molecule has 0 heterocycles. The largest absolute Gasteiger partial charge is 0.204 e. The molecule has 1 rings (SSSR count). The molecule has 0 saturated heterocycles. The van der Waals surface area contributed by atoms with Crippen molar-refractivity contribution in [3.8, 4) is 0 Å². The molecule has 0 N–H and O–H groups in total. The van der Waals surface area contributed by atoms with Gasteiger partial charge in [0.1, 0.15) is 0 Å². The van der Waals surface area contributed by atoms with Crippen LogP contribution in [0.5, 0.6) is 0 Å². The van der Waals surface area contributed by atoms with Crippen molar-refractivity contribution in [3.05, 3.63) is 27.7 Å². The molecule has 0 bridgehead atoms. The fourth-order valence-corrected chi connectivity index (χ4v) is 1.31. The monoisotopic (exact) mass is 254 g/mol. The van der Waals surface area contributed by atoms with Crippen LogP contribution in [0.1, 0.15) is 0 Å². The normalized spacial score (nSPS) is 10.3. The molecular weight excluding hydrogens is 251 g/mol. The predicted molar refractivity (Wildman–Crippen MR) is 46.6 cm³/mol. The summed E-state index contributed by atoms with van der Waals surface area (Å²) in [7, 11) is -0.0984. The van der Waals surface area contributed by atoms with Crippen molar-refractivity contribution in [2.24, 2.45) is 0 Å². The van der Waals surface area contributed by atoms with Crippen LogP contribution in [0, 0.1) is 23.3 Å². The first-order valence-corrected chi connectivity index (χ1v) is 4.30. The Bertz CT molecular complexity index is 324. The quantitative estimate of drug-likeness (QED) is 0.312. The zero-order valence-corrected chi connectivity index (χ0v) is 8.18. The van der Waals surface area contributed by atoms with Gasteiger partial charge in [-0.25, -0.2) is 17.6 Å². The van der Waals surface area contributed by atoms with E-state index in [1.165, 1.54) is 6.82 Å². The van der Waals surface area contributed by atoms with Crippen molar-refractivity contribution in [2.45, 2.75) is 6.82 Å². The van der Waals surface area contributed by atoms with Gasteiger partial charge in [0.2, 0.25) is 0 Å². The van der Waals surface area contributed by atoms with E-state index in [1.54, 1.807) is 0 Å². The Balaban J connectivity index is 3.56. The van der Waals surface area contributed by atoms with E-state index in [0.29, 0.717) is 0 Å². The second-order valence-electron chi connectivity index (χ2n) is 2.40. The van der Waals surface area contributed by atoms with Crippen molar-refractivity contribution in [1.82, 2.24) is 0 Å². The Kier molecular flexibility index (Phi) is 3.00. The smallest absolute Gasteiger partial charge is 0.175 e. The third-order valence-corrected chi connectivity index (χ3v) is 2.35. The first kappa shape index (κ1) is 10.6. The molecule has 0 aliphatic carbocycles. The van der Waals surface area contributed by atoms with Gasteiger partial charge < -0.3 is 0 Å². The molecule has 1 aromatic rings. The fourth-order valence-electron chi connectivity index (χ4n) is 0.961. The summed E-state index contributed by atoms with van der Waals surface area (Å²) in [6.45, 7) is 1.41. The van der Waals surface area contributed by atoms with Crippen LogP contribution in [0.15, 0.2) is 4.47 Å². The summed E-state index contributed by atoms with van der Waals surface area (Å²) in [5, 5.41) is 0. The summed E-state index contributed by atoms with van der Waals surface area (Å²) in [5.41, 5.74) is -0.571. The van der Waals surface area contributed by atoms with Crippen molar-refractivity contribution in [2.75, 3.05) is 0 Å². The van der Waals surface area contributed by atoms with E-state index in [9.17, 15) is 17.6 Å². The van der Waals surface area contributed by atoms with Crippen LogP contribution in [0.2, 0.25) is 6.82 Å². The molecule has 0 nitrogen and oxygen atoms in total. The second kappa shape index (κ2) is 3.70. The summed E-state index contributed by atoms with van der Waals surface area (Å²) in [6.07, 6.45) is 0. The first-order valence-electron chi connectivity index (χ1n) is 3.51. The van der Waals surface area contributed by atoms with Crippen LogP contribution in [0.4, 0.5) is 17.6 Å². The minimum absolute atomic E-state index is 0.0984. The predicted octanol–water partition coefficient (Wildman–Crippen LogP) is 2.12. The molecule has 0 unspecified atom stereocenters. The van der Waals surface area contributed by atoms with Crippen LogP contribution < -0.4 is 5.46 Å². The molecule has 0 atom stereocenters. The maximum atomic E-state index is 12.9. The Hall–Kier alpha value is -0.515. The Morgan fingerprint density at radius 3 is 1.62 bits per heavy atom. The van der Waals surface area contributed by atoms with Gasteiger partial charge in [-0.1, -0.05) is 6.82 Å². The molecule has 0 radical (unpaired) electrons. The minimum atomic E-state index is -1.39. The molecule has 70 valence electrons. The Morgan fingerprint density at radius 1 is 0.923 bits per heavy atom. The highest BCUT2D eigenvalue weighted by Crippen LogP contribution is 2.22. The van der Waals surface area contributed by atoms with Crippen molar-refractivity contribution in [3.63, 3.8) is 0 Å². The summed E-state index contributed by atoms with van der Waals surface area (Å²) < 4.78 is 50.6. The average Bonchev–Trinajstić information content (AvgIpc) is 2.13. The molecule has 6 heteroatoms. The highest BCUT2D eigenvalue weighted by atomic mass is 79.9. The van der Waals surface area contributed by atoms with Crippen molar-refractivity contribution < 1.29 is 17.6 Å². The molecule has 0 saturated carbocycles. The first-order chi connectivity index (χ1) is 6.00. The van der Waals surface area contributed by atoms with Gasteiger partial charge in [-0.15, -0.1) is 0 Å². The fraction of sp³-hybridized carbons (Fsp3) is 0.143. The third-order valence-electron chi connectivity index (χ3n) is 1.65. The van der Waals surface area contributed by atoms with E-state index in [4.69, 9.17) is 0 Å². The maximum absolute atomic E-state index is 12.9.